The number of benzene rings is 1. The number of ether oxygens (including phenoxy) is 1. The van der Waals surface area contributed by atoms with Gasteiger partial charge in [-0.25, -0.2) is 14.8 Å². The summed E-state index contributed by atoms with van der Waals surface area (Å²) in [5, 5.41) is 18.4. The second-order valence-corrected chi connectivity index (χ2v) is 13.9. The topological polar surface area (TPSA) is 149 Å². The van der Waals surface area contributed by atoms with Gasteiger partial charge in [0.05, 0.1) is 18.1 Å². The summed E-state index contributed by atoms with van der Waals surface area (Å²) in [4.78, 5) is 47.6. The molecule has 2 atom stereocenters. The van der Waals surface area contributed by atoms with Crippen LogP contribution in [0, 0.1) is 5.92 Å². The number of carbonyl (C=O) groups excluding carboxylic acids is 3. The van der Waals surface area contributed by atoms with Crippen LogP contribution in [0.1, 0.15) is 69.8 Å². The maximum absolute atomic E-state index is 14.0. The number of urea groups is 1. The van der Waals surface area contributed by atoms with Crippen molar-refractivity contribution in [1.82, 2.24) is 25.9 Å². The zero-order valence-electron chi connectivity index (χ0n) is 29.2. The van der Waals surface area contributed by atoms with Gasteiger partial charge in [-0.2, -0.15) is 26.3 Å². The van der Waals surface area contributed by atoms with Gasteiger partial charge >= 0.3 is 24.4 Å². The minimum absolute atomic E-state index is 0.0288. The molecule has 3 heterocycles. The lowest BCUT2D eigenvalue weighted by Crippen LogP contribution is -2.44. The number of hydrogen-bond acceptors (Lipinski definition) is 9. The maximum Gasteiger partial charge on any atom is 0.451 e. The highest BCUT2D eigenvalue weighted by atomic mass is 19.4. The molecule has 0 unspecified atom stereocenters. The van der Waals surface area contributed by atoms with Crippen LogP contribution >= 0.6 is 0 Å². The fraction of sp³-hybridized carbons (Fsp3) is 0.618. The SMILES string of the molecule is CC(C)(C)OC(=O)CCNC(=O)NCCC1CCN(c2cc(N3C[C@@H](O)C[C@H]3C(=O)NCCc3ccc(C(F)(F)F)cc3)nc(C(F)(F)F)n2)CC1. The van der Waals surface area contributed by atoms with Crippen molar-refractivity contribution in [2.75, 3.05) is 49.1 Å². The minimum atomic E-state index is -4.89. The van der Waals surface area contributed by atoms with Crippen LogP contribution in [0.3, 0.4) is 0 Å². The van der Waals surface area contributed by atoms with Gasteiger partial charge in [-0.1, -0.05) is 12.1 Å². The number of amides is 3. The van der Waals surface area contributed by atoms with Crippen molar-refractivity contribution in [1.29, 1.82) is 0 Å². The van der Waals surface area contributed by atoms with Gasteiger partial charge in [-0.05, 0) is 70.1 Å². The van der Waals surface area contributed by atoms with Crippen molar-refractivity contribution in [2.24, 2.45) is 5.92 Å². The van der Waals surface area contributed by atoms with E-state index in [2.05, 4.69) is 25.9 Å². The molecule has 2 saturated heterocycles. The zero-order chi connectivity index (χ0) is 38.3. The molecule has 2 fully saturated rings. The summed E-state index contributed by atoms with van der Waals surface area (Å²) in [5.74, 6) is -2.32. The Morgan fingerprint density at radius 1 is 0.885 bits per heavy atom. The summed E-state index contributed by atoms with van der Waals surface area (Å²) >= 11 is 0. The van der Waals surface area contributed by atoms with Crippen LogP contribution in [0.5, 0.6) is 0 Å². The number of β-amino-alcohol motifs (C(OH)–C–C–N with tert-alkyl or cyclic N) is 1. The molecule has 288 valence electrons. The van der Waals surface area contributed by atoms with Crippen LogP contribution in [0.15, 0.2) is 30.3 Å². The summed E-state index contributed by atoms with van der Waals surface area (Å²) in [6, 6.07) is 4.40. The molecule has 3 amide bonds. The van der Waals surface area contributed by atoms with E-state index in [0.717, 1.165) is 12.1 Å². The molecule has 0 bridgehead atoms. The molecule has 52 heavy (non-hydrogen) atoms. The van der Waals surface area contributed by atoms with Crippen LogP contribution in [0.4, 0.5) is 42.8 Å². The summed E-state index contributed by atoms with van der Waals surface area (Å²) in [5.41, 5.74) is -0.867. The second-order valence-electron chi connectivity index (χ2n) is 13.9. The van der Waals surface area contributed by atoms with E-state index in [-0.39, 0.29) is 56.5 Å². The van der Waals surface area contributed by atoms with Crippen molar-refractivity contribution >= 4 is 29.5 Å². The normalized spacial score (nSPS) is 18.7. The molecule has 1 aromatic carbocycles. The van der Waals surface area contributed by atoms with E-state index in [0.29, 0.717) is 44.5 Å². The van der Waals surface area contributed by atoms with E-state index in [1.807, 2.05) is 0 Å². The molecule has 2 aliphatic rings. The highest BCUT2D eigenvalue weighted by Gasteiger charge is 2.41. The highest BCUT2D eigenvalue weighted by molar-refractivity contribution is 5.86. The Morgan fingerprint density at radius 2 is 1.52 bits per heavy atom. The van der Waals surface area contributed by atoms with Gasteiger partial charge in [0.25, 0.3) is 0 Å². The first-order valence-corrected chi connectivity index (χ1v) is 17.1. The molecular formula is C34H45F6N7O5. The molecular weight excluding hydrogens is 700 g/mol. The molecule has 12 nitrogen and oxygen atoms in total. The molecule has 4 N–H and O–H groups in total. The average molecular weight is 746 g/mol. The van der Waals surface area contributed by atoms with Gasteiger partial charge < -0.3 is 35.6 Å². The number of hydrogen-bond donors (Lipinski definition) is 4. The van der Waals surface area contributed by atoms with E-state index in [1.54, 1.807) is 25.7 Å². The van der Waals surface area contributed by atoms with Gasteiger partial charge in [0.2, 0.25) is 11.7 Å². The fourth-order valence-corrected chi connectivity index (χ4v) is 6.06. The van der Waals surface area contributed by atoms with E-state index in [1.165, 1.54) is 23.1 Å². The summed E-state index contributed by atoms with van der Waals surface area (Å²) in [7, 11) is 0. The molecule has 2 aliphatic heterocycles. The molecule has 18 heteroatoms. The third kappa shape index (κ3) is 12.1. The van der Waals surface area contributed by atoms with Crippen molar-refractivity contribution in [3.05, 3.63) is 47.3 Å². The van der Waals surface area contributed by atoms with Gasteiger partial charge in [0.1, 0.15) is 23.3 Å². The highest BCUT2D eigenvalue weighted by Crippen LogP contribution is 2.34. The van der Waals surface area contributed by atoms with Crippen molar-refractivity contribution in [2.45, 2.75) is 89.4 Å². The Hall–Kier alpha value is -4.35. The van der Waals surface area contributed by atoms with Gasteiger partial charge in [0, 0.05) is 51.8 Å². The number of piperidine rings is 1. The number of esters is 1. The maximum atomic E-state index is 14.0. The van der Waals surface area contributed by atoms with E-state index < -0.39 is 59.4 Å². The standard InChI is InChI=1S/C34H45F6N7O5/c1-32(2,3)52-28(49)10-15-43-31(51)42-14-9-22-11-16-46(17-12-22)26-19-27(45-30(44-26)34(38,39)40)47-20-24(48)18-25(47)29(50)41-13-8-21-4-6-23(7-5-21)33(35,36)37/h4-7,19,22,24-25,48H,8-18,20H2,1-3H3,(H,41,50)(H2,42,43,51)/t24-,25-/m0/s1. The number of anilines is 2. The Labute approximate surface area is 297 Å². The lowest BCUT2D eigenvalue weighted by Gasteiger charge is -2.34. The van der Waals surface area contributed by atoms with Crippen molar-refractivity contribution in [3.8, 4) is 0 Å². The quantitative estimate of drug-likeness (QED) is 0.183. The second kappa shape index (κ2) is 17.0. The summed E-state index contributed by atoms with van der Waals surface area (Å²) in [6.45, 7) is 6.42. The Morgan fingerprint density at radius 3 is 2.13 bits per heavy atom. The molecule has 2 aromatic rings. The van der Waals surface area contributed by atoms with E-state index in [9.17, 15) is 45.8 Å². The molecule has 0 radical (unpaired) electrons. The number of carbonyl (C=O) groups is 3. The monoisotopic (exact) mass is 745 g/mol. The lowest BCUT2D eigenvalue weighted by atomic mass is 9.93. The van der Waals surface area contributed by atoms with Crippen LogP contribution in [0.2, 0.25) is 0 Å². The third-order valence-electron chi connectivity index (χ3n) is 8.63. The largest absolute Gasteiger partial charge is 0.460 e. The van der Waals surface area contributed by atoms with Crippen LogP contribution in [-0.4, -0.2) is 90.0 Å². The van der Waals surface area contributed by atoms with E-state index >= 15 is 0 Å². The zero-order valence-corrected chi connectivity index (χ0v) is 29.2. The van der Waals surface area contributed by atoms with Crippen LogP contribution in [0.25, 0.3) is 0 Å². The number of rotatable bonds is 12. The van der Waals surface area contributed by atoms with Crippen molar-refractivity contribution in [3.63, 3.8) is 0 Å². The van der Waals surface area contributed by atoms with Crippen molar-refractivity contribution < 1.29 is 50.6 Å². The van der Waals surface area contributed by atoms with Crippen LogP contribution < -0.4 is 25.8 Å². The lowest BCUT2D eigenvalue weighted by molar-refractivity contribution is -0.154. The first-order chi connectivity index (χ1) is 24.3. The number of nitrogens with zero attached hydrogens (tertiary/aromatic N) is 4. The number of aromatic nitrogens is 2. The molecule has 4 rings (SSSR count). The smallest absolute Gasteiger partial charge is 0.451 e. The fourth-order valence-electron chi connectivity index (χ4n) is 6.06. The Balaban J connectivity index is 1.31. The number of nitrogens with one attached hydrogen (secondary N) is 3. The van der Waals surface area contributed by atoms with Crippen LogP contribution in [-0.2, 0) is 33.1 Å². The molecule has 0 aliphatic carbocycles. The molecule has 0 spiro atoms. The predicted octanol–water partition coefficient (Wildman–Crippen LogP) is 4.45. The molecule has 1 aromatic heterocycles. The third-order valence-corrected chi connectivity index (χ3v) is 8.63. The first-order valence-electron chi connectivity index (χ1n) is 17.1. The Kier molecular flexibility index (Phi) is 13.2. The molecule has 0 saturated carbocycles. The first kappa shape index (κ1) is 40.4. The number of alkyl halides is 6. The van der Waals surface area contributed by atoms with E-state index in [4.69, 9.17) is 4.74 Å². The number of aliphatic hydroxyl groups is 1. The number of aliphatic hydroxyl groups excluding tert-OH is 1. The Bertz CT molecular complexity index is 1530. The van der Waals surface area contributed by atoms with Gasteiger partial charge in [-0.15, -0.1) is 0 Å². The summed E-state index contributed by atoms with van der Waals surface area (Å²) < 4.78 is 85.7. The summed E-state index contributed by atoms with van der Waals surface area (Å²) in [6.07, 6.45) is -8.32. The van der Waals surface area contributed by atoms with Gasteiger partial charge in [0.15, 0.2) is 0 Å². The van der Waals surface area contributed by atoms with Gasteiger partial charge in [-0.3, -0.25) is 9.59 Å². The number of halogens is 6. The average Bonchev–Trinajstić information content (AvgIpc) is 3.45. The predicted molar refractivity (Wildman–Crippen MR) is 178 cm³/mol. The minimum Gasteiger partial charge on any atom is -0.460 e.